The van der Waals surface area contributed by atoms with E-state index >= 15 is 0 Å². The zero-order valence-electron chi connectivity index (χ0n) is 8.84. The molecule has 0 spiro atoms. The van der Waals surface area contributed by atoms with E-state index in [-0.39, 0.29) is 0 Å². The standard InChI is InChI=1S/C11H23NS/c1-2-11(10-13)9-12-7-5-3-4-6-8-12/h11,13H,2-10H2,1H3. The molecule has 0 amide bonds. The van der Waals surface area contributed by atoms with Gasteiger partial charge in [0.2, 0.25) is 0 Å². The molecule has 13 heavy (non-hydrogen) atoms. The molecule has 1 heterocycles. The molecule has 2 heteroatoms. The van der Waals surface area contributed by atoms with Crippen molar-refractivity contribution in [3.8, 4) is 0 Å². The normalized spacial score (nSPS) is 22.6. The van der Waals surface area contributed by atoms with E-state index in [1.807, 2.05) is 0 Å². The van der Waals surface area contributed by atoms with Gasteiger partial charge in [-0.1, -0.05) is 26.2 Å². The molecule has 0 bridgehead atoms. The van der Waals surface area contributed by atoms with Crippen molar-refractivity contribution in [2.24, 2.45) is 5.92 Å². The summed E-state index contributed by atoms with van der Waals surface area (Å²) in [7, 11) is 0. The van der Waals surface area contributed by atoms with Gasteiger partial charge in [0, 0.05) is 6.54 Å². The number of hydrogen-bond acceptors (Lipinski definition) is 2. The van der Waals surface area contributed by atoms with Crippen molar-refractivity contribution in [3.05, 3.63) is 0 Å². The summed E-state index contributed by atoms with van der Waals surface area (Å²) in [5.74, 6) is 1.86. The van der Waals surface area contributed by atoms with E-state index in [9.17, 15) is 0 Å². The highest BCUT2D eigenvalue weighted by molar-refractivity contribution is 7.80. The van der Waals surface area contributed by atoms with Gasteiger partial charge < -0.3 is 4.90 Å². The smallest absolute Gasteiger partial charge is 0.00174 e. The molecule has 0 aromatic heterocycles. The summed E-state index contributed by atoms with van der Waals surface area (Å²) in [6, 6.07) is 0. The van der Waals surface area contributed by atoms with Crippen LogP contribution in [-0.4, -0.2) is 30.3 Å². The molecule has 0 radical (unpaired) electrons. The molecule has 0 aliphatic carbocycles. The molecule has 1 aliphatic rings. The van der Waals surface area contributed by atoms with Crippen LogP contribution in [0.4, 0.5) is 0 Å². The largest absolute Gasteiger partial charge is 0.303 e. The molecule has 0 saturated carbocycles. The lowest BCUT2D eigenvalue weighted by Gasteiger charge is -2.24. The molecule has 0 N–H and O–H groups in total. The molecule has 0 aromatic rings. The fourth-order valence-electron chi connectivity index (χ4n) is 2.00. The molecule has 1 aliphatic heterocycles. The van der Waals surface area contributed by atoms with E-state index in [1.54, 1.807) is 0 Å². The lowest BCUT2D eigenvalue weighted by atomic mass is 10.1. The molecule has 0 aromatic carbocycles. The van der Waals surface area contributed by atoms with Gasteiger partial charge in [0.1, 0.15) is 0 Å². The van der Waals surface area contributed by atoms with Crippen molar-refractivity contribution >= 4 is 12.6 Å². The minimum absolute atomic E-state index is 0.807. The third-order valence-corrected chi connectivity index (χ3v) is 3.57. The highest BCUT2D eigenvalue weighted by atomic mass is 32.1. The Bertz CT molecular complexity index is 115. The van der Waals surface area contributed by atoms with Crippen molar-refractivity contribution in [1.29, 1.82) is 0 Å². The van der Waals surface area contributed by atoms with Crippen LogP contribution in [0.2, 0.25) is 0 Å². The molecule has 1 unspecified atom stereocenters. The Hall–Kier alpha value is 0.310. The number of rotatable bonds is 4. The van der Waals surface area contributed by atoms with Gasteiger partial charge >= 0.3 is 0 Å². The van der Waals surface area contributed by atoms with E-state index in [1.165, 1.54) is 51.7 Å². The van der Waals surface area contributed by atoms with Crippen LogP contribution in [0.3, 0.4) is 0 Å². The Labute approximate surface area is 88.3 Å². The van der Waals surface area contributed by atoms with Crippen LogP contribution in [0.15, 0.2) is 0 Å². The maximum Gasteiger partial charge on any atom is 0.00174 e. The second kappa shape index (κ2) is 6.72. The quantitative estimate of drug-likeness (QED) is 0.685. The van der Waals surface area contributed by atoms with Crippen LogP contribution in [-0.2, 0) is 0 Å². The first-order valence-corrected chi connectivity index (χ1v) is 6.33. The first-order chi connectivity index (χ1) is 6.36. The number of likely N-dealkylation sites (tertiary alicyclic amines) is 1. The van der Waals surface area contributed by atoms with Crippen molar-refractivity contribution in [1.82, 2.24) is 4.90 Å². The van der Waals surface area contributed by atoms with E-state index in [0.717, 1.165) is 11.7 Å². The van der Waals surface area contributed by atoms with Crippen LogP contribution in [0, 0.1) is 5.92 Å². The number of thiol groups is 1. The highest BCUT2D eigenvalue weighted by Gasteiger charge is 2.12. The summed E-state index contributed by atoms with van der Waals surface area (Å²) in [5, 5.41) is 0. The topological polar surface area (TPSA) is 3.24 Å². The molecule has 1 saturated heterocycles. The summed E-state index contributed by atoms with van der Waals surface area (Å²) in [4.78, 5) is 2.64. The van der Waals surface area contributed by atoms with Gasteiger partial charge in [0.05, 0.1) is 0 Å². The SMILES string of the molecule is CCC(CS)CN1CCCCCC1. The Morgan fingerprint density at radius 3 is 2.23 bits per heavy atom. The average molecular weight is 201 g/mol. The summed E-state index contributed by atoms with van der Waals surface area (Å²) in [6.07, 6.45) is 6.97. The van der Waals surface area contributed by atoms with Crippen molar-refractivity contribution < 1.29 is 0 Å². The van der Waals surface area contributed by atoms with Crippen molar-refractivity contribution in [2.75, 3.05) is 25.4 Å². The highest BCUT2D eigenvalue weighted by Crippen LogP contribution is 2.13. The van der Waals surface area contributed by atoms with Gasteiger partial charge in [-0.3, -0.25) is 0 Å². The molecular weight excluding hydrogens is 178 g/mol. The summed E-state index contributed by atoms with van der Waals surface area (Å²) >= 11 is 4.40. The molecule has 1 rings (SSSR count). The van der Waals surface area contributed by atoms with E-state index in [0.29, 0.717) is 0 Å². The lowest BCUT2D eigenvalue weighted by Crippen LogP contribution is -2.30. The Morgan fingerprint density at radius 1 is 1.15 bits per heavy atom. The van der Waals surface area contributed by atoms with Crippen LogP contribution in [0.5, 0.6) is 0 Å². The average Bonchev–Trinajstić information content (AvgIpc) is 2.42. The van der Waals surface area contributed by atoms with Crippen LogP contribution < -0.4 is 0 Å². The molecule has 1 nitrogen and oxygen atoms in total. The lowest BCUT2D eigenvalue weighted by molar-refractivity contribution is 0.245. The van der Waals surface area contributed by atoms with Gasteiger partial charge in [-0.05, 0) is 37.6 Å². The van der Waals surface area contributed by atoms with Gasteiger partial charge in [0.25, 0.3) is 0 Å². The van der Waals surface area contributed by atoms with Gasteiger partial charge in [-0.25, -0.2) is 0 Å². The maximum absolute atomic E-state index is 4.40. The van der Waals surface area contributed by atoms with Gasteiger partial charge in [-0.15, -0.1) is 0 Å². The maximum atomic E-state index is 4.40. The first kappa shape index (κ1) is 11.4. The van der Waals surface area contributed by atoms with Crippen LogP contribution >= 0.6 is 12.6 Å². The van der Waals surface area contributed by atoms with Crippen LogP contribution in [0.1, 0.15) is 39.0 Å². The van der Waals surface area contributed by atoms with E-state index in [4.69, 9.17) is 0 Å². The third kappa shape index (κ3) is 4.37. The summed E-state index contributed by atoms with van der Waals surface area (Å²) < 4.78 is 0. The predicted octanol–water partition coefficient (Wildman–Crippen LogP) is 2.82. The minimum Gasteiger partial charge on any atom is -0.303 e. The predicted molar refractivity (Wildman–Crippen MR) is 62.5 cm³/mol. The van der Waals surface area contributed by atoms with Gasteiger partial charge in [0.15, 0.2) is 0 Å². The summed E-state index contributed by atoms with van der Waals surface area (Å²) in [5.41, 5.74) is 0. The van der Waals surface area contributed by atoms with E-state index < -0.39 is 0 Å². The monoisotopic (exact) mass is 201 g/mol. The van der Waals surface area contributed by atoms with Crippen LogP contribution in [0.25, 0.3) is 0 Å². The Kier molecular flexibility index (Phi) is 5.88. The minimum atomic E-state index is 0.807. The molecular formula is C11H23NS. The third-order valence-electron chi connectivity index (χ3n) is 3.05. The zero-order valence-corrected chi connectivity index (χ0v) is 9.73. The summed E-state index contributed by atoms with van der Waals surface area (Å²) in [6.45, 7) is 6.20. The Morgan fingerprint density at radius 2 is 1.77 bits per heavy atom. The number of nitrogens with zero attached hydrogens (tertiary/aromatic N) is 1. The second-order valence-corrected chi connectivity index (χ2v) is 4.54. The number of hydrogen-bond donors (Lipinski definition) is 1. The molecule has 1 fully saturated rings. The van der Waals surface area contributed by atoms with Crippen molar-refractivity contribution in [3.63, 3.8) is 0 Å². The van der Waals surface area contributed by atoms with Crippen molar-refractivity contribution in [2.45, 2.75) is 39.0 Å². The molecule has 78 valence electrons. The second-order valence-electron chi connectivity index (χ2n) is 4.17. The fraction of sp³-hybridized carbons (Fsp3) is 1.00. The first-order valence-electron chi connectivity index (χ1n) is 5.70. The molecule has 1 atom stereocenters. The fourth-order valence-corrected chi connectivity index (χ4v) is 2.37. The Balaban J connectivity index is 2.24. The van der Waals surface area contributed by atoms with E-state index in [2.05, 4.69) is 24.5 Å². The van der Waals surface area contributed by atoms with Gasteiger partial charge in [-0.2, -0.15) is 12.6 Å². The zero-order chi connectivity index (χ0) is 9.52.